The number of carbonyl (C=O) groups excluding carboxylic acids is 2. The number of aromatic nitrogens is 1. The minimum Gasteiger partial charge on any atom is -0.427 e. The third-order valence-electron chi connectivity index (χ3n) is 6.94. The van der Waals surface area contributed by atoms with Gasteiger partial charge in [0, 0.05) is 35.6 Å². The molecule has 2 aliphatic heterocycles. The van der Waals surface area contributed by atoms with Gasteiger partial charge in [-0.1, -0.05) is 48.5 Å². The van der Waals surface area contributed by atoms with Crippen molar-refractivity contribution in [2.45, 2.75) is 64.3 Å². The van der Waals surface area contributed by atoms with Crippen molar-refractivity contribution in [3.63, 3.8) is 0 Å². The Morgan fingerprint density at radius 1 is 1.13 bits per heavy atom. The van der Waals surface area contributed by atoms with E-state index in [9.17, 15) is 9.59 Å². The number of hydrogen-bond donors (Lipinski definition) is 3. The second kappa shape index (κ2) is 11.8. The quantitative estimate of drug-likeness (QED) is 0.161. The summed E-state index contributed by atoms with van der Waals surface area (Å²) < 4.78 is 15.8. The van der Waals surface area contributed by atoms with Crippen LogP contribution in [0, 0.1) is 6.92 Å². The maximum Gasteiger partial charge on any atom is 0.509 e. The Morgan fingerprint density at radius 3 is 2.76 bits per heavy atom. The van der Waals surface area contributed by atoms with Gasteiger partial charge in [-0.25, -0.2) is 15.1 Å². The molecular formula is C29H33N3O6. The Hall–Kier alpha value is -3.66. The zero-order valence-electron chi connectivity index (χ0n) is 21.6. The smallest absolute Gasteiger partial charge is 0.427 e. The van der Waals surface area contributed by atoms with Crippen molar-refractivity contribution in [3.8, 4) is 0 Å². The number of allylic oxidation sites excluding steroid dienone is 1. The van der Waals surface area contributed by atoms with Gasteiger partial charge >= 0.3 is 6.16 Å². The van der Waals surface area contributed by atoms with E-state index in [2.05, 4.69) is 71.2 Å². The molecule has 4 atom stereocenters. The van der Waals surface area contributed by atoms with Crippen LogP contribution in [0.5, 0.6) is 0 Å². The molecule has 200 valence electrons. The van der Waals surface area contributed by atoms with E-state index < -0.39 is 30.6 Å². The molecule has 2 aliphatic rings. The zero-order chi connectivity index (χ0) is 26.5. The lowest BCUT2D eigenvalue weighted by Gasteiger charge is -2.32. The molecule has 2 aromatic carbocycles. The van der Waals surface area contributed by atoms with E-state index in [1.807, 2.05) is 0 Å². The summed E-state index contributed by atoms with van der Waals surface area (Å²) >= 11 is 0. The van der Waals surface area contributed by atoms with Gasteiger partial charge in [-0.15, -0.1) is 0 Å². The molecule has 0 saturated carbocycles. The fraction of sp³-hybridized carbons (Fsp3) is 0.379. The first-order valence-corrected chi connectivity index (χ1v) is 13.0. The molecule has 3 N–H and O–H groups in total. The van der Waals surface area contributed by atoms with Gasteiger partial charge in [-0.3, -0.25) is 4.79 Å². The molecule has 38 heavy (non-hydrogen) atoms. The van der Waals surface area contributed by atoms with Crippen LogP contribution in [0.15, 0.2) is 60.7 Å². The van der Waals surface area contributed by atoms with E-state index in [1.165, 1.54) is 33.8 Å². The third-order valence-corrected chi connectivity index (χ3v) is 6.94. The van der Waals surface area contributed by atoms with E-state index in [4.69, 9.17) is 19.0 Å². The van der Waals surface area contributed by atoms with Gasteiger partial charge in [0.05, 0.1) is 6.10 Å². The van der Waals surface area contributed by atoms with Crippen molar-refractivity contribution in [3.05, 3.63) is 83.1 Å². The molecule has 1 amide bonds. The summed E-state index contributed by atoms with van der Waals surface area (Å²) in [6.07, 6.45) is 2.38. The lowest BCUT2D eigenvalue weighted by molar-refractivity contribution is -0.245. The first-order chi connectivity index (χ1) is 18.5. The number of nitrogens with one attached hydrogen (secondary N) is 3. The number of H-pyrrole nitrogens is 1. The maximum absolute atomic E-state index is 12.1. The van der Waals surface area contributed by atoms with Gasteiger partial charge in [-0.2, -0.15) is 0 Å². The standard InChI is InChI=1S/C29H33N3O6/c1-18-22(23-7-3-4-8-24(23)31-18)14-15-30-17-21-12-10-20(11-13-21)6-5-9-26(33)32-38-27-16-25-28(19(2)35-27)37-29(34)36-25/h3-5,7-13,19,25,27-28,30-31H,6,14-17H2,1-2H3,(H,32,33)/b9-5+/t19-,25?,27-,28?/m0/s1. The first kappa shape index (κ1) is 26.0. The molecule has 2 fully saturated rings. The lowest BCUT2D eigenvalue weighted by Crippen LogP contribution is -2.47. The number of para-hydroxylation sites is 1. The summed E-state index contributed by atoms with van der Waals surface area (Å²) in [5, 5.41) is 4.83. The molecule has 0 aliphatic carbocycles. The topological polar surface area (TPSA) is 111 Å². The summed E-state index contributed by atoms with van der Waals surface area (Å²) in [4.78, 5) is 32.2. The van der Waals surface area contributed by atoms with E-state index >= 15 is 0 Å². The van der Waals surface area contributed by atoms with Crippen molar-refractivity contribution in [1.29, 1.82) is 0 Å². The molecule has 3 aromatic rings. The fourth-order valence-corrected chi connectivity index (χ4v) is 4.98. The number of hydrogen-bond acceptors (Lipinski definition) is 7. The van der Waals surface area contributed by atoms with Crippen LogP contribution < -0.4 is 10.8 Å². The summed E-state index contributed by atoms with van der Waals surface area (Å²) in [5.74, 6) is -0.394. The predicted octanol–water partition coefficient (Wildman–Crippen LogP) is 3.99. The highest BCUT2D eigenvalue weighted by atomic mass is 16.8. The van der Waals surface area contributed by atoms with Crippen LogP contribution in [0.3, 0.4) is 0 Å². The highest BCUT2D eigenvalue weighted by Crippen LogP contribution is 2.30. The van der Waals surface area contributed by atoms with Gasteiger partial charge in [0.25, 0.3) is 5.91 Å². The van der Waals surface area contributed by atoms with Crippen LogP contribution in [0.4, 0.5) is 4.79 Å². The Balaban J connectivity index is 1.00. The number of aromatic amines is 1. The number of rotatable bonds is 10. The number of benzene rings is 2. The SMILES string of the molecule is Cc1[nH]c2ccccc2c1CCNCc1ccc(C/C=C/C(=O)NO[C@H]2CC3OC(=O)OC3[C@H](C)O2)cc1. The molecule has 9 nitrogen and oxygen atoms in total. The number of hydroxylamine groups is 1. The normalized spacial score (nSPS) is 22.8. The minimum atomic E-state index is -0.717. The van der Waals surface area contributed by atoms with Crippen molar-refractivity contribution >= 4 is 23.0 Å². The summed E-state index contributed by atoms with van der Waals surface area (Å²) in [6.45, 7) is 5.59. The maximum atomic E-state index is 12.1. The number of ether oxygens (including phenoxy) is 3. The largest absolute Gasteiger partial charge is 0.509 e. The van der Waals surface area contributed by atoms with E-state index in [0.717, 1.165) is 25.1 Å². The second-order valence-electron chi connectivity index (χ2n) is 9.70. The van der Waals surface area contributed by atoms with Crippen LogP contribution in [-0.2, 0) is 43.2 Å². The van der Waals surface area contributed by atoms with E-state index in [1.54, 1.807) is 13.0 Å². The molecule has 9 heteroatoms. The van der Waals surface area contributed by atoms with Crippen molar-refractivity contribution in [2.75, 3.05) is 6.54 Å². The number of aryl methyl sites for hydroxylation is 1. The lowest BCUT2D eigenvalue weighted by atomic mass is 10.0. The van der Waals surface area contributed by atoms with E-state index in [-0.39, 0.29) is 12.5 Å². The Bertz CT molecular complexity index is 1300. The Labute approximate surface area is 221 Å². The molecule has 0 radical (unpaired) electrons. The van der Waals surface area contributed by atoms with Crippen molar-refractivity contribution < 1.29 is 28.6 Å². The summed E-state index contributed by atoms with van der Waals surface area (Å²) in [6, 6.07) is 16.8. The molecule has 1 aromatic heterocycles. The Morgan fingerprint density at radius 2 is 1.92 bits per heavy atom. The van der Waals surface area contributed by atoms with Gasteiger partial charge in [0.15, 0.2) is 12.4 Å². The average molecular weight is 520 g/mol. The zero-order valence-corrected chi connectivity index (χ0v) is 21.6. The van der Waals surface area contributed by atoms with Crippen LogP contribution in [0.1, 0.15) is 35.7 Å². The molecule has 2 unspecified atom stereocenters. The highest BCUT2D eigenvalue weighted by Gasteiger charge is 2.47. The van der Waals surface area contributed by atoms with Gasteiger partial charge in [0.1, 0.15) is 6.10 Å². The summed E-state index contributed by atoms with van der Waals surface area (Å²) in [7, 11) is 0. The van der Waals surface area contributed by atoms with Crippen molar-refractivity contribution in [2.24, 2.45) is 0 Å². The van der Waals surface area contributed by atoms with Gasteiger partial charge < -0.3 is 24.5 Å². The predicted molar refractivity (Wildman–Crippen MR) is 141 cm³/mol. The fourth-order valence-electron chi connectivity index (χ4n) is 4.98. The first-order valence-electron chi connectivity index (χ1n) is 13.0. The van der Waals surface area contributed by atoms with Crippen LogP contribution in [0.2, 0.25) is 0 Å². The van der Waals surface area contributed by atoms with Crippen LogP contribution in [-0.4, -0.2) is 48.2 Å². The minimum absolute atomic E-state index is 0.286. The number of carbonyl (C=O) groups is 2. The highest BCUT2D eigenvalue weighted by molar-refractivity contribution is 5.86. The van der Waals surface area contributed by atoms with E-state index in [0.29, 0.717) is 6.42 Å². The van der Waals surface area contributed by atoms with Gasteiger partial charge in [0.2, 0.25) is 0 Å². The molecule has 2 saturated heterocycles. The molecular weight excluding hydrogens is 486 g/mol. The Kier molecular flexibility index (Phi) is 8.07. The molecule has 3 heterocycles. The molecule has 0 bridgehead atoms. The number of amides is 1. The van der Waals surface area contributed by atoms with Crippen molar-refractivity contribution in [1.82, 2.24) is 15.8 Å². The average Bonchev–Trinajstić information content (AvgIpc) is 3.44. The third kappa shape index (κ3) is 6.24. The number of fused-ring (bicyclic) bond motifs is 2. The summed E-state index contributed by atoms with van der Waals surface area (Å²) in [5.41, 5.74) is 8.47. The molecule has 0 spiro atoms. The monoisotopic (exact) mass is 519 g/mol. The molecule has 5 rings (SSSR count). The van der Waals surface area contributed by atoms with Crippen LogP contribution >= 0.6 is 0 Å². The van der Waals surface area contributed by atoms with Gasteiger partial charge in [-0.05, 0) is 56.0 Å². The second-order valence-corrected chi connectivity index (χ2v) is 9.70. The van der Waals surface area contributed by atoms with Crippen LogP contribution in [0.25, 0.3) is 10.9 Å².